The van der Waals surface area contributed by atoms with Crippen molar-refractivity contribution in [1.29, 1.82) is 0 Å². The van der Waals surface area contributed by atoms with E-state index in [4.69, 9.17) is 10.7 Å². The number of fused-ring (bicyclic) bond motifs is 1. The second-order valence-corrected chi connectivity index (χ2v) is 6.87. The third-order valence-corrected chi connectivity index (χ3v) is 5.81. The maximum Gasteiger partial charge on any atom is 0.133 e. The van der Waals surface area contributed by atoms with Gasteiger partial charge in [-0.25, -0.2) is 4.98 Å². The van der Waals surface area contributed by atoms with Gasteiger partial charge in [0, 0.05) is 30.9 Å². The molecule has 116 valence electrons. The van der Waals surface area contributed by atoms with Gasteiger partial charge in [0.15, 0.2) is 0 Å². The lowest BCUT2D eigenvalue weighted by Gasteiger charge is -2.28. The molecular formula is C18H29N3. The van der Waals surface area contributed by atoms with E-state index in [1.807, 2.05) is 0 Å². The van der Waals surface area contributed by atoms with E-state index in [9.17, 15) is 0 Å². The minimum Gasteiger partial charge on any atom is -0.356 e. The zero-order valence-electron chi connectivity index (χ0n) is 13.6. The van der Waals surface area contributed by atoms with Crippen LogP contribution < -0.4 is 10.6 Å². The Labute approximate surface area is 128 Å². The first-order chi connectivity index (χ1) is 10.2. The molecule has 3 nitrogen and oxygen atoms in total. The van der Waals surface area contributed by atoms with Gasteiger partial charge in [0.2, 0.25) is 0 Å². The molecule has 1 aromatic heterocycles. The molecule has 0 radical (unpaired) electrons. The predicted octanol–water partition coefficient (Wildman–Crippen LogP) is 3.44. The van der Waals surface area contributed by atoms with Crippen molar-refractivity contribution in [2.75, 3.05) is 18.0 Å². The summed E-state index contributed by atoms with van der Waals surface area (Å²) in [4.78, 5) is 7.55. The topological polar surface area (TPSA) is 42.2 Å². The first kappa shape index (κ1) is 14.8. The maximum absolute atomic E-state index is 6.02. The summed E-state index contributed by atoms with van der Waals surface area (Å²) in [6.07, 6.45) is 8.75. The summed E-state index contributed by atoms with van der Waals surface area (Å²) in [5.41, 5.74) is 10.5. The Morgan fingerprint density at radius 1 is 1.24 bits per heavy atom. The fourth-order valence-electron chi connectivity index (χ4n) is 4.04. The van der Waals surface area contributed by atoms with E-state index < -0.39 is 0 Å². The molecule has 1 saturated heterocycles. The fraction of sp³-hybridized carbons (Fsp3) is 0.722. The van der Waals surface area contributed by atoms with Crippen LogP contribution in [-0.2, 0) is 19.4 Å². The van der Waals surface area contributed by atoms with E-state index >= 15 is 0 Å². The lowest BCUT2D eigenvalue weighted by Crippen LogP contribution is -2.28. The summed E-state index contributed by atoms with van der Waals surface area (Å²) in [6.45, 7) is 7.56. The number of pyridine rings is 1. The molecule has 2 heterocycles. The monoisotopic (exact) mass is 287 g/mol. The van der Waals surface area contributed by atoms with Crippen LogP contribution in [0.1, 0.15) is 62.8 Å². The smallest absolute Gasteiger partial charge is 0.133 e. The van der Waals surface area contributed by atoms with Gasteiger partial charge >= 0.3 is 0 Å². The number of hydrogen-bond donors (Lipinski definition) is 1. The van der Waals surface area contributed by atoms with E-state index in [1.165, 1.54) is 61.2 Å². The molecule has 1 aromatic rings. The highest BCUT2D eigenvalue weighted by Gasteiger charge is 2.36. The van der Waals surface area contributed by atoms with Crippen molar-refractivity contribution in [2.45, 2.75) is 65.3 Å². The Morgan fingerprint density at radius 2 is 2.00 bits per heavy atom. The van der Waals surface area contributed by atoms with E-state index in [2.05, 4.69) is 24.8 Å². The van der Waals surface area contributed by atoms with Crippen LogP contribution in [0.15, 0.2) is 6.07 Å². The molecule has 2 N–H and O–H groups in total. The number of aromatic nitrogens is 1. The number of nitrogens with zero attached hydrogens (tertiary/aromatic N) is 2. The van der Waals surface area contributed by atoms with Gasteiger partial charge in [-0.1, -0.05) is 13.8 Å². The Bertz CT molecular complexity index is 505. The molecule has 0 saturated carbocycles. The summed E-state index contributed by atoms with van der Waals surface area (Å²) in [5.74, 6) is 1.18. The minimum absolute atomic E-state index is 0.490. The molecule has 0 atom stereocenters. The van der Waals surface area contributed by atoms with Crippen LogP contribution in [0.3, 0.4) is 0 Å². The molecule has 1 aliphatic carbocycles. The van der Waals surface area contributed by atoms with Gasteiger partial charge in [0.25, 0.3) is 0 Å². The molecule has 1 fully saturated rings. The van der Waals surface area contributed by atoms with Crippen molar-refractivity contribution in [3.63, 3.8) is 0 Å². The van der Waals surface area contributed by atoms with E-state index in [0.29, 0.717) is 12.0 Å². The normalized spacial score (nSPS) is 20.6. The number of anilines is 1. The largest absolute Gasteiger partial charge is 0.356 e. The quantitative estimate of drug-likeness (QED) is 0.922. The molecule has 0 aromatic carbocycles. The first-order valence-electron chi connectivity index (χ1n) is 8.68. The second-order valence-electron chi connectivity index (χ2n) is 6.87. The number of rotatable bonds is 4. The first-order valence-corrected chi connectivity index (χ1v) is 8.68. The number of hydrogen-bond acceptors (Lipinski definition) is 3. The molecule has 3 rings (SSSR count). The number of nitrogens with two attached hydrogens (primary N) is 1. The maximum atomic E-state index is 6.02. The molecule has 2 aliphatic rings. The third-order valence-electron chi connectivity index (χ3n) is 5.81. The summed E-state index contributed by atoms with van der Waals surface area (Å²) < 4.78 is 0. The molecule has 0 amide bonds. The van der Waals surface area contributed by atoms with E-state index in [1.54, 1.807) is 0 Å². The van der Waals surface area contributed by atoms with Crippen molar-refractivity contribution in [2.24, 2.45) is 11.1 Å². The lowest BCUT2D eigenvalue weighted by atomic mass is 9.82. The Hall–Kier alpha value is -1.09. The van der Waals surface area contributed by atoms with Crippen molar-refractivity contribution in [1.82, 2.24) is 4.98 Å². The van der Waals surface area contributed by atoms with Crippen molar-refractivity contribution < 1.29 is 0 Å². The van der Waals surface area contributed by atoms with Crippen molar-refractivity contribution >= 4 is 5.82 Å². The second kappa shape index (κ2) is 5.96. The van der Waals surface area contributed by atoms with Crippen LogP contribution in [0.2, 0.25) is 0 Å². The zero-order chi connectivity index (χ0) is 14.9. The van der Waals surface area contributed by atoms with Crippen molar-refractivity contribution in [3.05, 3.63) is 22.9 Å². The van der Waals surface area contributed by atoms with Gasteiger partial charge in [-0.05, 0) is 62.0 Å². The molecular weight excluding hydrogens is 258 g/mol. The summed E-state index contributed by atoms with van der Waals surface area (Å²) in [7, 11) is 0. The van der Waals surface area contributed by atoms with Gasteiger partial charge in [-0.3, -0.25) is 0 Å². The highest BCUT2D eigenvalue weighted by Crippen LogP contribution is 2.40. The molecule has 0 bridgehead atoms. The molecule has 1 aliphatic heterocycles. The van der Waals surface area contributed by atoms with Gasteiger partial charge in [-0.15, -0.1) is 0 Å². The van der Waals surface area contributed by atoms with Gasteiger partial charge in [-0.2, -0.15) is 0 Å². The molecule has 0 unspecified atom stereocenters. The van der Waals surface area contributed by atoms with E-state index in [0.717, 1.165) is 19.5 Å². The average molecular weight is 287 g/mol. The van der Waals surface area contributed by atoms with Gasteiger partial charge in [0.05, 0.1) is 0 Å². The minimum atomic E-state index is 0.490. The Morgan fingerprint density at radius 3 is 2.67 bits per heavy atom. The van der Waals surface area contributed by atoms with Gasteiger partial charge < -0.3 is 10.6 Å². The number of aryl methyl sites for hydroxylation is 2. The predicted molar refractivity (Wildman–Crippen MR) is 88.6 cm³/mol. The zero-order valence-corrected chi connectivity index (χ0v) is 13.6. The van der Waals surface area contributed by atoms with Crippen LogP contribution >= 0.6 is 0 Å². The highest BCUT2D eigenvalue weighted by molar-refractivity contribution is 5.51. The summed E-state index contributed by atoms with van der Waals surface area (Å²) in [5, 5.41) is 0. The third kappa shape index (κ3) is 2.68. The van der Waals surface area contributed by atoms with Crippen LogP contribution in [0.5, 0.6) is 0 Å². The molecule has 21 heavy (non-hydrogen) atoms. The fourth-order valence-corrected chi connectivity index (χ4v) is 4.04. The van der Waals surface area contributed by atoms with Crippen LogP contribution in [0.25, 0.3) is 0 Å². The molecule has 3 heteroatoms. The summed E-state index contributed by atoms with van der Waals surface area (Å²) >= 11 is 0. The Kier molecular flexibility index (Phi) is 4.21. The Balaban J connectivity index is 1.91. The lowest BCUT2D eigenvalue weighted by molar-refractivity contribution is 0.301. The summed E-state index contributed by atoms with van der Waals surface area (Å²) in [6, 6.07) is 2.34. The van der Waals surface area contributed by atoms with Crippen LogP contribution in [0.4, 0.5) is 5.82 Å². The highest BCUT2D eigenvalue weighted by atomic mass is 15.2. The SMILES string of the molecule is CCC1(CC)CCN(c2nc3c(cc2CN)CCCC3)C1. The molecule has 0 spiro atoms. The van der Waals surface area contributed by atoms with Crippen molar-refractivity contribution in [3.8, 4) is 0 Å². The van der Waals surface area contributed by atoms with Crippen LogP contribution in [-0.4, -0.2) is 18.1 Å². The van der Waals surface area contributed by atoms with Gasteiger partial charge in [0.1, 0.15) is 5.82 Å². The van der Waals surface area contributed by atoms with Crippen LogP contribution in [0, 0.1) is 5.41 Å². The van der Waals surface area contributed by atoms with E-state index in [-0.39, 0.29) is 0 Å². The standard InChI is InChI=1S/C18H29N3/c1-3-18(4-2)9-10-21(13-18)17-15(12-19)11-14-7-5-6-8-16(14)20-17/h11H,3-10,12-13,19H2,1-2H3. The average Bonchev–Trinajstić information content (AvgIpc) is 2.98.